The SMILES string of the molecule is COc1ccc(F)c(-c2ccc(Cc3ccc(N4N=C(C(F)(F)F)[C@@H](C)[C@@H]4COS(C)(=O)=O)cc3)c(C)c2)c1. The van der Waals surface area contributed by atoms with Crippen LogP contribution in [0.4, 0.5) is 23.2 Å². The molecule has 0 amide bonds. The van der Waals surface area contributed by atoms with E-state index in [0.717, 1.165) is 22.9 Å². The lowest BCUT2D eigenvalue weighted by molar-refractivity contribution is -0.0621. The molecule has 0 unspecified atom stereocenters. The Morgan fingerprint density at radius 1 is 1.03 bits per heavy atom. The molecule has 0 aromatic heterocycles. The zero-order valence-corrected chi connectivity index (χ0v) is 22.6. The number of nitrogens with zero attached hydrogens (tertiary/aromatic N) is 2. The molecule has 0 aliphatic carbocycles. The predicted molar refractivity (Wildman–Crippen MR) is 142 cm³/mol. The van der Waals surface area contributed by atoms with E-state index in [0.29, 0.717) is 29.0 Å². The van der Waals surface area contributed by atoms with Crippen molar-refractivity contribution in [2.24, 2.45) is 11.0 Å². The summed E-state index contributed by atoms with van der Waals surface area (Å²) >= 11 is 0. The van der Waals surface area contributed by atoms with Gasteiger partial charge in [-0.2, -0.15) is 26.7 Å². The first kappa shape index (κ1) is 28.6. The topological polar surface area (TPSA) is 68.2 Å². The molecule has 3 aromatic rings. The van der Waals surface area contributed by atoms with Crippen molar-refractivity contribution in [1.29, 1.82) is 0 Å². The van der Waals surface area contributed by atoms with Gasteiger partial charge < -0.3 is 4.74 Å². The van der Waals surface area contributed by atoms with Gasteiger partial charge in [-0.25, -0.2) is 4.39 Å². The normalized spacial score (nSPS) is 17.8. The molecule has 0 bridgehead atoms. The Kier molecular flexibility index (Phi) is 8.04. The Balaban J connectivity index is 1.55. The van der Waals surface area contributed by atoms with Crippen LogP contribution >= 0.6 is 0 Å². The molecule has 2 atom stereocenters. The summed E-state index contributed by atoms with van der Waals surface area (Å²) in [4.78, 5) is 0. The second kappa shape index (κ2) is 11.0. The van der Waals surface area contributed by atoms with E-state index >= 15 is 0 Å². The quantitative estimate of drug-likeness (QED) is 0.244. The summed E-state index contributed by atoms with van der Waals surface area (Å²) < 4.78 is 88.1. The fourth-order valence-corrected chi connectivity index (χ4v) is 4.94. The molecule has 11 heteroatoms. The number of aryl methyl sites for hydroxylation is 1. The molecule has 0 radical (unpaired) electrons. The van der Waals surface area contributed by atoms with Gasteiger partial charge in [0.05, 0.1) is 31.7 Å². The molecule has 1 aliphatic rings. The van der Waals surface area contributed by atoms with E-state index < -0.39 is 40.6 Å². The lowest BCUT2D eigenvalue weighted by Crippen LogP contribution is -2.39. The minimum absolute atomic E-state index is 0.355. The van der Waals surface area contributed by atoms with Gasteiger partial charge in [0.1, 0.15) is 17.3 Å². The van der Waals surface area contributed by atoms with Crippen LogP contribution in [0.25, 0.3) is 11.1 Å². The average molecular weight is 565 g/mol. The first-order valence-corrected chi connectivity index (χ1v) is 13.9. The number of hydrogen-bond acceptors (Lipinski definition) is 6. The van der Waals surface area contributed by atoms with E-state index in [1.807, 2.05) is 25.1 Å². The first-order chi connectivity index (χ1) is 18.3. The molecular formula is C28H28F4N2O4S. The van der Waals surface area contributed by atoms with Crippen molar-refractivity contribution in [2.45, 2.75) is 32.5 Å². The number of halogens is 4. The highest BCUT2D eigenvalue weighted by atomic mass is 32.2. The first-order valence-electron chi connectivity index (χ1n) is 12.1. The molecule has 4 rings (SSSR count). The molecule has 6 nitrogen and oxygen atoms in total. The molecule has 0 N–H and O–H groups in total. The van der Waals surface area contributed by atoms with Crippen LogP contribution in [0.1, 0.15) is 23.6 Å². The fourth-order valence-electron chi connectivity index (χ4n) is 4.55. The Morgan fingerprint density at radius 2 is 1.72 bits per heavy atom. The van der Waals surface area contributed by atoms with E-state index in [4.69, 9.17) is 8.92 Å². The summed E-state index contributed by atoms with van der Waals surface area (Å²) in [6.45, 7) is 2.81. The monoisotopic (exact) mass is 564 g/mol. The summed E-state index contributed by atoms with van der Waals surface area (Å²) in [5.74, 6) is -0.897. The van der Waals surface area contributed by atoms with E-state index in [9.17, 15) is 26.0 Å². The van der Waals surface area contributed by atoms with Crippen LogP contribution in [0.5, 0.6) is 5.75 Å². The maximum atomic E-state index is 14.4. The van der Waals surface area contributed by atoms with Crippen LogP contribution in [0.15, 0.2) is 65.8 Å². The van der Waals surface area contributed by atoms with Crippen LogP contribution in [0.3, 0.4) is 0 Å². The molecule has 1 heterocycles. The Labute approximate surface area is 225 Å². The number of hydrazone groups is 1. The van der Waals surface area contributed by atoms with Gasteiger partial charge in [-0.15, -0.1) is 0 Å². The van der Waals surface area contributed by atoms with Gasteiger partial charge in [-0.05, 0) is 65.9 Å². The van der Waals surface area contributed by atoms with Gasteiger partial charge in [0.15, 0.2) is 0 Å². The zero-order chi connectivity index (χ0) is 28.5. The van der Waals surface area contributed by atoms with E-state index in [1.165, 1.54) is 25.1 Å². The summed E-state index contributed by atoms with van der Waals surface area (Å²) in [6, 6.07) is 16.1. The van der Waals surface area contributed by atoms with Crippen molar-refractivity contribution < 1.29 is 34.9 Å². The van der Waals surface area contributed by atoms with Crippen LogP contribution in [-0.2, 0) is 20.7 Å². The lowest BCUT2D eigenvalue weighted by atomic mass is 9.95. The smallest absolute Gasteiger partial charge is 0.431 e. The van der Waals surface area contributed by atoms with Crippen LogP contribution in [-0.4, -0.2) is 46.3 Å². The third-order valence-electron chi connectivity index (χ3n) is 6.70. The van der Waals surface area contributed by atoms with Gasteiger partial charge in [-0.3, -0.25) is 9.19 Å². The van der Waals surface area contributed by atoms with Gasteiger partial charge in [0.25, 0.3) is 10.1 Å². The molecule has 39 heavy (non-hydrogen) atoms. The molecule has 1 aliphatic heterocycles. The second-order valence-corrected chi connectivity index (χ2v) is 11.1. The summed E-state index contributed by atoms with van der Waals surface area (Å²) in [5.41, 5.74) is 3.39. The molecule has 3 aromatic carbocycles. The average Bonchev–Trinajstić information content (AvgIpc) is 3.21. The summed E-state index contributed by atoms with van der Waals surface area (Å²) in [5, 5.41) is 4.96. The number of alkyl halides is 3. The third-order valence-corrected chi connectivity index (χ3v) is 7.27. The van der Waals surface area contributed by atoms with Gasteiger partial charge in [0.2, 0.25) is 0 Å². The molecule has 0 fully saturated rings. The van der Waals surface area contributed by atoms with Gasteiger partial charge >= 0.3 is 6.18 Å². The van der Waals surface area contributed by atoms with E-state index in [1.54, 1.807) is 36.4 Å². The van der Waals surface area contributed by atoms with Crippen molar-refractivity contribution in [3.63, 3.8) is 0 Å². The standard InChI is InChI=1S/C28H28F4N2O4S/c1-17-13-21(24-15-23(37-3)11-12-25(24)29)8-7-20(17)14-19-5-9-22(10-6-19)34-26(16-38-39(4,35)36)18(2)27(33-34)28(30,31)32/h5-13,15,18,26H,14,16H2,1-4H3/t18-,26-/m0/s1. The van der Waals surface area contributed by atoms with Crippen molar-refractivity contribution in [1.82, 2.24) is 0 Å². The minimum atomic E-state index is -4.66. The van der Waals surface area contributed by atoms with Crippen LogP contribution in [0.2, 0.25) is 0 Å². The lowest BCUT2D eigenvalue weighted by Gasteiger charge is -2.26. The summed E-state index contributed by atoms with van der Waals surface area (Å²) in [7, 11) is -2.33. The number of benzene rings is 3. The number of anilines is 1. The number of rotatable bonds is 8. The highest BCUT2D eigenvalue weighted by Crippen LogP contribution is 2.36. The maximum absolute atomic E-state index is 14.4. The highest BCUT2D eigenvalue weighted by Gasteiger charge is 2.48. The number of methoxy groups -OCH3 is 1. The Hall–Kier alpha value is -3.44. The Morgan fingerprint density at radius 3 is 2.31 bits per heavy atom. The zero-order valence-electron chi connectivity index (χ0n) is 21.8. The largest absolute Gasteiger partial charge is 0.497 e. The minimum Gasteiger partial charge on any atom is -0.497 e. The molecular weight excluding hydrogens is 536 g/mol. The molecule has 208 valence electrons. The van der Waals surface area contributed by atoms with Crippen molar-refractivity contribution >= 4 is 21.5 Å². The number of hydrogen-bond donors (Lipinski definition) is 0. The predicted octanol–water partition coefficient (Wildman–Crippen LogP) is 6.12. The molecule has 0 saturated carbocycles. The summed E-state index contributed by atoms with van der Waals surface area (Å²) in [6.07, 6.45) is -3.27. The van der Waals surface area contributed by atoms with Crippen molar-refractivity contribution in [3.05, 3.63) is 83.2 Å². The van der Waals surface area contributed by atoms with Crippen molar-refractivity contribution in [2.75, 3.05) is 25.0 Å². The molecule has 0 saturated heterocycles. The van der Waals surface area contributed by atoms with E-state index in [2.05, 4.69) is 5.10 Å². The second-order valence-electron chi connectivity index (χ2n) is 9.50. The Bertz CT molecular complexity index is 1490. The number of ether oxygens (including phenoxy) is 1. The van der Waals surface area contributed by atoms with Crippen LogP contribution in [0, 0.1) is 18.7 Å². The van der Waals surface area contributed by atoms with E-state index in [-0.39, 0.29) is 5.82 Å². The van der Waals surface area contributed by atoms with Gasteiger partial charge in [-0.1, -0.05) is 37.3 Å². The highest BCUT2D eigenvalue weighted by molar-refractivity contribution is 7.85. The molecule has 0 spiro atoms. The third kappa shape index (κ3) is 6.59. The maximum Gasteiger partial charge on any atom is 0.431 e. The fraction of sp³-hybridized carbons (Fsp3) is 0.321. The van der Waals surface area contributed by atoms with Gasteiger partial charge in [0, 0.05) is 11.5 Å². The van der Waals surface area contributed by atoms with Crippen LogP contribution < -0.4 is 9.75 Å². The van der Waals surface area contributed by atoms with Crippen molar-refractivity contribution in [3.8, 4) is 16.9 Å².